The summed E-state index contributed by atoms with van der Waals surface area (Å²) >= 11 is 0. The Balaban J connectivity index is 2.51. The van der Waals surface area contributed by atoms with E-state index in [1.807, 2.05) is 0 Å². The van der Waals surface area contributed by atoms with Crippen LogP contribution in [0.4, 0.5) is 0 Å². The maximum Gasteiger partial charge on any atom is 0.131 e. The Labute approximate surface area is 73.9 Å². The van der Waals surface area contributed by atoms with E-state index in [1.165, 1.54) is 0 Å². The fourth-order valence-electron chi connectivity index (χ4n) is 2.04. The van der Waals surface area contributed by atoms with Crippen LogP contribution in [0.5, 0.6) is 0 Å². The Morgan fingerprint density at radius 3 is 2.83 bits per heavy atom. The Kier molecular flexibility index (Phi) is 2.85. The van der Waals surface area contributed by atoms with Crippen LogP contribution in [-0.2, 0) is 4.79 Å². The lowest BCUT2D eigenvalue weighted by molar-refractivity contribution is -0.118. The van der Waals surface area contributed by atoms with Gasteiger partial charge in [0.2, 0.25) is 0 Å². The quantitative estimate of drug-likeness (QED) is 0.652. The van der Waals surface area contributed by atoms with Crippen molar-refractivity contribution in [2.45, 2.75) is 31.7 Å². The molecule has 1 heterocycles. The molecule has 12 heavy (non-hydrogen) atoms. The SMILES string of the molecule is CC(=O)CC1(N)CCCN(C)C1. The first-order valence-corrected chi connectivity index (χ1v) is 4.49. The van der Waals surface area contributed by atoms with E-state index >= 15 is 0 Å². The molecule has 0 radical (unpaired) electrons. The van der Waals surface area contributed by atoms with Crippen LogP contribution in [0.3, 0.4) is 0 Å². The highest BCUT2D eigenvalue weighted by molar-refractivity contribution is 5.76. The van der Waals surface area contributed by atoms with Crippen molar-refractivity contribution in [1.82, 2.24) is 4.90 Å². The molecule has 1 atom stereocenters. The number of rotatable bonds is 2. The van der Waals surface area contributed by atoms with Gasteiger partial charge in [0, 0.05) is 18.5 Å². The summed E-state index contributed by atoms with van der Waals surface area (Å²) in [7, 11) is 2.06. The molecular formula is C9H18N2O. The van der Waals surface area contributed by atoms with Gasteiger partial charge < -0.3 is 10.6 Å². The van der Waals surface area contributed by atoms with E-state index in [2.05, 4.69) is 11.9 Å². The normalized spacial score (nSPS) is 31.9. The minimum Gasteiger partial charge on any atom is -0.324 e. The third kappa shape index (κ3) is 2.57. The molecule has 1 aliphatic rings. The summed E-state index contributed by atoms with van der Waals surface area (Å²) in [5, 5.41) is 0. The number of hydrogen-bond acceptors (Lipinski definition) is 3. The van der Waals surface area contributed by atoms with Crippen molar-refractivity contribution in [3.05, 3.63) is 0 Å². The Morgan fingerprint density at radius 2 is 2.33 bits per heavy atom. The fourth-order valence-corrected chi connectivity index (χ4v) is 2.04. The van der Waals surface area contributed by atoms with Crippen molar-refractivity contribution in [2.24, 2.45) is 5.73 Å². The highest BCUT2D eigenvalue weighted by Crippen LogP contribution is 2.20. The summed E-state index contributed by atoms with van der Waals surface area (Å²) in [4.78, 5) is 13.1. The fraction of sp³-hybridized carbons (Fsp3) is 0.889. The van der Waals surface area contributed by atoms with E-state index < -0.39 is 0 Å². The summed E-state index contributed by atoms with van der Waals surface area (Å²) < 4.78 is 0. The lowest BCUT2D eigenvalue weighted by atomic mass is 9.86. The molecule has 0 bridgehead atoms. The molecule has 1 saturated heterocycles. The molecule has 1 aliphatic heterocycles. The lowest BCUT2D eigenvalue weighted by Crippen LogP contribution is -2.53. The number of carbonyl (C=O) groups excluding carboxylic acids is 1. The van der Waals surface area contributed by atoms with Crippen molar-refractivity contribution in [2.75, 3.05) is 20.1 Å². The largest absolute Gasteiger partial charge is 0.324 e. The topological polar surface area (TPSA) is 46.3 Å². The highest BCUT2D eigenvalue weighted by Gasteiger charge is 2.30. The van der Waals surface area contributed by atoms with Gasteiger partial charge in [0.15, 0.2) is 0 Å². The van der Waals surface area contributed by atoms with E-state index in [1.54, 1.807) is 6.92 Å². The average molecular weight is 170 g/mol. The van der Waals surface area contributed by atoms with Crippen LogP contribution in [-0.4, -0.2) is 36.4 Å². The molecule has 1 unspecified atom stereocenters. The third-order valence-corrected chi connectivity index (χ3v) is 2.40. The molecule has 70 valence electrons. The molecule has 0 aromatic heterocycles. The van der Waals surface area contributed by atoms with Gasteiger partial charge in [-0.15, -0.1) is 0 Å². The van der Waals surface area contributed by atoms with Crippen LogP contribution < -0.4 is 5.73 Å². The van der Waals surface area contributed by atoms with E-state index in [-0.39, 0.29) is 11.3 Å². The summed E-state index contributed by atoms with van der Waals surface area (Å²) in [6.07, 6.45) is 2.62. The molecule has 0 aromatic rings. The molecule has 2 N–H and O–H groups in total. The molecule has 0 aromatic carbocycles. The zero-order chi connectivity index (χ0) is 9.19. The number of ketones is 1. The molecule has 1 fully saturated rings. The lowest BCUT2D eigenvalue weighted by Gasteiger charge is -2.37. The first-order valence-electron chi connectivity index (χ1n) is 4.49. The minimum absolute atomic E-state index is 0.202. The van der Waals surface area contributed by atoms with Gasteiger partial charge >= 0.3 is 0 Å². The molecule has 3 heteroatoms. The van der Waals surface area contributed by atoms with Gasteiger partial charge in [-0.1, -0.05) is 0 Å². The predicted octanol–water partition coefficient (Wildman–Crippen LogP) is 0.389. The van der Waals surface area contributed by atoms with E-state index in [0.717, 1.165) is 25.9 Å². The Bertz CT molecular complexity index is 181. The van der Waals surface area contributed by atoms with Crippen LogP contribution in [0, 0.1) is 0 Å². The zero-order valence-corrected chi connectivity index (χ0v) is 7.97. The number of likely N-dealkylation sites (tertiary alicyclic amines) is 1. The van der Waals surface area contributed by atoms with Crippen LogP contribution in [0.2, 0.25) is 0 Å². The van der Waals surface area contributed by atoms with Gasteiger partial charge in [0.25, 0.3) is 0 Å². The van der Waals surface area contributed by atoms with Crippen LogP contribution in [0.1, 0.15) is 26.2 Å². The maximum atomic E-state index is 10.9. The number of nitrogens with two attached hydrogens (primary N) is 1. The molecule has 0 amide bonds. The van der Waals surface area contributed by atoms with Gasteiger partial charge in [-0.2, -0.15) is 0 Å². The van der Waals surface area contributed by atoms with Crippen molar-refractivity contribution >= 4 is 5.78 Å². The van der Waals surface area contributed by atoms with E-state index in [0.29, 0.717) is 6.42 Å². The van der Waals surface area contributed by atoms with Gasteiger partial charge in [0.1, 0.15) is 5.78 Å². The van der Waals surface area contributed by atoms with Crippen molar-refractivity contribution < 1.29 is 4.79 Å². The first-order chi connectivity index (χ1) is 5.52. The second kappa shape index (κ2) is 3.54. The molecule has 0 aliphatic carbocycles. The Morgan fingerprint density at radius 1 is 1.67 bits per heavy atom. The number of carbonyl (C=O) groups is 1. The molecular weight excluding hydrogens is 152 g/mol. The van der Waals surface area contributed by atoms with Gasteiger partial charge in [0.05, 0.1) is 0 Å². The zero-order valence-electron chi connectivity index (χ0n) is 7.97. The van der Waals surface area contributed by atoms with E-state index in [4.69, 9.17) is 5.73 Å². The second-order valence-corrected chi connectivity index (χ2v) is 4.08. The van der Waals surface area contributed by atoms with Crippen LogP contribution >= 0.6 is 0 Å². The van der Waals surface area contributed by atoms with E-state index in [9.17, 15) is 4.79 Å². The average Bonchev–Trinajstić information content (AvgIpc) is 1.82. The molecule has 3 nitrogen and oxygen atoms in total. The monoisotopic (exact) mass is 170 g/mol. The summed E-state index contributed by atoms with van der Waals surface area (Å²) in [5.74, 6) is 0.202. The number of nitrogens with zero attached hydrogens (tertiary/aromatic N) is 1. The number of hydrogen-bond donors (Lipinski definition) is 1. The predicted molar refractivity (Wildman–Crippen MR) is 48.9 cm³/mol. The van der Waals surface area contributed by atoms with Crippen molar-refractivity contribution in [3.8, 4) is 0 Å². The van der Waals surface area contributed by atoms with Gasteiger partial charge in [-0.05, 0) is 33.4 Å². The van der Waals surface area contributed by atoms with Gasteiger partial charge in [-0.3, -0.25) is 4.79 Å². The number of piperidine rings is 1. The van der Waals surface area contributed by atoms with Crippen LogP contribution in [0.25, 0.3) is 0 Å². The number of Topliss-reactive ketones (excluding diaryl/α,β-unsaturated/α-hetero) is 1. The first kappa shape index (κ1) is 9.68. The second-order valence-electron chi connectivity index (χ2n) is 4.08. The highest BCUT2D eigenvalue weighted by atomic mass is 16.1. The maximum absolute atomic E-state index is 10.9. The molecule has 0 saturated carbocycles. The van der Waals surface area contributed by atoms with Crippen molar-refractivity contribution in [1.29, 1.82) is 0 Å². The molecule has 1 rings (SSSR count). The van der Waals surface area contributed by atoms with Crippen LogP contribution in [0.15, 0.2) is 0 Å². The molecule has 0 spiro atoms. The summed E-state index contributed by atoms with van der Waals surface area (Å²) in [5.41, 5.74) is 5.84. The standard InChI is InChI=1S/C9H18N2O/c1-8(12)6-9(10)4-3-5-11(2)7-9/h3-7,10H2,1-2H3. The van der Waals surface area contributed by atoms with Gasteiger partial charge in [-0.25, -0.2) is 0 Å². The smallest absolute Gasteiger partial charge is 0.131 e. The summed E-state index contributed by atoms with van der Waals surface area (Å²) in [6.45, 7) is 3.58. The van der Waals surface area contributed by atoms with Crippen molar-refractivity contribution in [3.63, 3.8) is 0 Å². The minimum atomic E-state index is -0.251. The Hall–Kier alpha value is -0.410. The number of likely N-dealkylation sites (N-methyl/N-ethyl adjacent to an activating group) is 1. The third-order valence-electron chi connectivity index (χ3n) is 2.40. The summed E-state index contributed by atoms with van der Waals surface area (Å²) in [6, 6.07) is 0.